The number of benzene rings is 1. The fourth-order valence-corrected chi connectivity index (χ4v) is 1.33. The summed E-state index contributed by atoms with van der Waals surface area (Å²) in [5, 5.41) is -0.442. The Hall–Kier alpha value is -1.23. The molecule has 0 unspecified atom stereocenters. The Morgan fingerprint density at radius 3 is 2.53 bits per heavy atom. The normalized spacial score (nSPS) is 10.5. The van der Waals surface area contributed by atoms with Crippen LogP contribution in [-0.4, -0.2) is 12.4 Å². The average molecular weight is 239 g/mol. The maximum Gasteiger partial charge on any atom is 0.387 e. The van der Waals surface area contributed by atoms with Crippen LogP contribution in [0.2, 0.25) is 5.02 Å². The van der Waals surface area contributed by atoms with E-state index >= 15 is 0 Å². The van der Waals surface area contributed by atoms with Crippen molar-refractivity contribution in [3.05, 3.63) is 28.5 Å². The van der Waals surface area contributed by atoms with E-state index in [1.54, 1.807) is 0 Å². The Bertz CT molecular complexity index is 393. The van der Waals surface area contributed by atoms with Gasteiger partial charge in [-0.15, -0.1) is 0 Å². The Morgan fingerprint density at radius 1 is 1.47 bits per heavy atom. The van der Waals surface area contributed by atoms with Crippen LogP contribution in [0.3, 0.4) is 0 Å². The van der Waals surface area contributed by atoms with Crippen LogP contribution in [0.15, 0.2) is 12.1 Å². The van der Waals surface area contributed by atoms with Gasteiger partial charge in [0, 0.05) is 5.56 Å². The Kier molecular flexibility index (Phi) is 3.57. The van der Waals surface area contributed by atoms with E-state index in [4.69, 9.17) is 11.6 Å². The molecule has 0 spiro atoms. The summed E-state index contributed by atoms with van der Waals surface area (Å²) in [6, 6.07) is 1.96. The van der Waals surface area contributed by atoms with Gasteiger partial charge in [-0.1, -0.05) is 11.6 Å². The van der Waals surface area contributed by atoms with Crippen molar-refractivity contribution in [1.29, 1.82) is 0 Å². The maximum atomic E-state index is 13.0. The molecule has 0 fully saturated rings. The van der Waals surface area contributed by atoms with E-state index in [1.165, 1.54) is 6.92 Å². The quantitative estimate of drug-likeness (QED) is 0.756. The molecule has 6 heteroatoms. The van der Waals surface area contributed by atoms with Gasteiger partial charge in [-0.3, -0.25) is 4.79 Å². The third kappa shape index (κ3) is 2.62. The summed E-state index contributed by atoms with van der Waals surface area (Å²) in [4.78, 5) is 11.0. The molecule has 0 saturated carbocycles. The lowest BCUT2D eigenvalue weighted by Crippen LogP contribution is -2.06. The lowest BCUT2D eigenvalue weighted by Gasteiger charge is -2.09. The van der Waals surface area contributed by atoms with Crippen molar-refractivity contribution in [3.63, 3.8) is 0 Å². The van der Waals surface area contributed by atoms with Crippen LogP contribution < -0.4 is 4.74 Å². The van der Waals surface area contributed by atoms with Gasteiger partial charge in [-0.2, -0.15) is 8.78 Å². The molecule has 1 rings (SSSR count). The van der Waals surface area contributed by atoms with E-state index in [9.17, 15) is 18.0 Å². The smallest absolute Gasteiger partial charge is 0.387 e. The van der Waals surface area contributed by atoms with Crippen LogP contribution in [0, 0.1) is 5.82 Å². The van der Waals surface area contributed by atoms with E-state index in [1.807, 2.05) is 0 Å². The first kappa shape index (κ1) is 11.8. The molecule has 0 aromatic heterocycles. The number of hydrogen-bond donors (Lipinski definition) is 0. The molecular formula is C9H6ClF3O2. The van der Waals surface area contributed by atoms with Crippen LogP contribution >= 0.6 is 11.6 Å². The number of ether oxygens (including phenoxy) is 1. The first-order valence-corrected chi connectivity index (χ1v) is 4.25. The number of alkyl halides is 2. The number of rotatable bonds is 3. The predicted molar refractivity (Wildman–Crippen MR) is 48.0 cm³/mol. The molecule has 0 radical (unpaired) electrons. The average Bonchev–Trinajstić information content (AvgIpc) is 2.11. The largest absolute Gasteiger partial charge is 0.430 e. The minimum absolute atomic E-state index is 0.0614. The lowest BCUT2D eigenvalue weighted by atomic mass is 10.1. The maximum absolute atomic E-state index is 13.0. The highest BCUT2D eigenvalue weighted by molar-refractivity contribution is 6.35. The number of carbonyl (C=O) groups excluding carboxylic acids is 1. The first-order chi connectivity index (χ1) is 6.93. The van der Waals surface area contributed by atoms with Crippen molar-refractivity contribution in [2.75, 3.05) is 0 Å². The van der Waals surface area contributed by atoms with Crippen molar-refractivity contribution in [2.24, 2.45) is 0 Å². The van der Waals surface area contributed by atoms with Gasteiger partial charge in [0.05, 0.1) is 5.02 Å². The van der Waals surface area contributed by atoms with Crippen LogP contribution in [-0.2, 0) is 0 Å². The Labute approximate surface area is 88.6 Å². The Balaban J connectivity index is 3.24. The van der Waals surface area contributed by atoms with Crippen LogP contribution in [0.4, 0.5) is 13.2 Å². The fourth-order valence-electron chi connectivity index (χ4n) is 1.00. The topological polar surface area (TPSA) is 26.3 Å². The number of ketones is 1. The molecule has 0 atom stereocenters. The second-order valence-electron chi connectivity index (χ2n) is 2.67. The fraction of sp³-hybridized carbons (Fsp3) is 0.222. The van der Waals surface area contributed by atoms with Crippen LogP contribution in [0.1, 0.15) is 17.3 Å². The molecule has 0 bridgehead atoms. The Morgan fingerprint density at radius 2 is 2.07 bits per heavy atom. The zero-order chi connectivity index (χ0) is 11.6. The molecule has 0 aliphatic rings. The molecule has 1 aromatic carbocycles. The summed E-state index contributed by atoms with van der Waals surface area (Å²) in [7, 11) is 0. The van der Waals surface area contributed by atoms with Gasteiger partial charge in [-0.05, 0) is 19.1 Å². The molecule has 15 heavy (non-hydrogen) atoms. The summed E-state index contributed by atoms with van der Waals surface area (Å²) < 4.78 is 40.6. The molecule has 1 aromatic rings. The van der Waals surface area contributed by atoms with Gasteiger partial charge in [0.25, 0.3) is 0 Å². The van der Waals surface area contributed by atoms with E-state index in [0.717, 1.165) is 12.1 Å². The van der Waals surface area contributed by atoms with Crippen LogP contribution in [0.25, 0.3) is 0 Å². The zero-order valence-electron chi connectivity index (χ0n) is 7.56. The molecule has 82 valence electrons. The van der Waals surface area contributed by atoms with Crippen LogP contribution in [0.5, 0.6) is 5.75 Å². The van der Waals surface area contributed by atoms with Gasteiger partial charge < -0.3 is 4.74 Å². The monoisotopic (exact) mass is 238 g/mol. The molecule has 0 amide bonds. The molecular weight excluding hydrogens is 233 g/mol. The summed E-state index contributed by atoms with van der Waals surface area (Å²) in [5.41, 5.74) is -0.0614. The van der Waals surface area contributed by atoms with E-state index in [2.05, 4.69) is 4.74 Å². The zero-order valence-corrected chi connectivity index (χ0v) is 8.32. The van der Waals surface area contributed by atoms with Gasteiger partial charge in [-0.25, -0.2) is 4.39 Å². The standard InChI is InChI=1S/C9H6ClF3O2/c1-4(14)5-2-3-6(11)8(7(5)10)15-9(12)13/h2-3,9H,1H3. The van der Waals surface area contributed by atoms with Crippen molar-refractivity contribution < 1.29 is 22.7 Å². The van der Waals surface area contributed by atoms with Gasteiger partial charge >= 0.3 is 6.61 Å². The summed E-state index contributed by atoms with van der Waals surface area (Å²) in [5.74, 6) is -2.30. The van der Waals surface area contributed by atoms with E-state index < -0.39 is 29.0 Å². The van der Waals surface area contributed by atoms with Gasteiger partial charge in [0.2, 0.25) is 0 Å². The molecule has 0 N–H and O–H groups in total. The van der Waals surface area contributed by atoms with E-state index in [0.29, 0.717) is 0 Å². The van der Waals surface area contributed by atoms with Crippen molar-refractivity contribution in [1.82, 2.24) is 0 Å². The molecule has 0 aliphatic carbocycles. The number of carbonyl (C=O) groups is 1. The van der Waals surface area contributed by atoms with Crippen molar-refractivity contribution >= 4 is 17.4 Å². The number of halogens is 4. The van der Waals surface area contributed by atoms with E-state index in [-0.39, 0.29) is 5.56 Å². The van der Waals surface area contributed by atoms with Crippen molar-refractivity contribution in [3.8, 4) is 5.75 Å². The molecule has 0 saturated heterocycles. The second-order valence-corrected chi connectivity index (χ2v) is 3.05. The summed E-state index contributed by atoms with van der Waals surface area (Å²) in [6.45, 7) is -2.01. The van der Waals surface area contributed by atoms with Gasteiger partial charge in [0.1, 0.15) is 0 Å². The minimum Gasteiger partial charge on any atom is -0.430 e. The second kappa shape index (κ2) is 4.53. The molecule has 0 aliphatic heterocycles. The number of Topliss-reactive ketones (excluding diaryl/α,β-unsaturated/α-hetero) is 1. The highest BCUT2D eigenvalue weighted by atomic mass is 35.5. The number of hydrogen-bond acceptors (Lipinski definition) is 2. The highest BCUT2D eigenvalue weighted by Gasteiger charge is 2.18. The van der Waals surface area contributed by atoms with Gasteiger partial charge in [0.15, 0.2) is 17.3 Å². The van der Waals surface area contributed by atoms with Crippen molar-refractivity contribution in [2.45, 2.75) is 13.5 Å². The lowest BCUT2D eigenvalue weighted by molar-refractivity contribution is -0.0521. The summed E-state index contributed by atoms with van der Waals surface area (Å²) >= 11 is 5.53. The molecule has 2 nitrogen and oxygen atoms in total. The predicted octanol–water partition coefficient (Wildman–Crippen LogP) is 3.28. The SMILES string of the molecule is CC(=O)c1ccc(F)c(OC(F)F)c1Cl. The summed E-state index contributed by atoms with van der Waals surface area (Å²) in [6.07, 6.45) is 0. The minimum atomic E-state index is -3.20. The third-order valence-electron chi connectivity index (χ3n) is 1.64. The first-order valence-electron chi connectivity index (χ1n) is 3.87. The molecule has 0 heterocycles. The third-order valence-corrected chi connectivity index (χ3v) is 2.01. The highest BCUT2D eigenvalue weighted by Crippen LogP contribution is 2.32.